The highest BCUT2D eigenvalue weighted by Gasteiger charge is 1.96. The van der Waals surface area contributed by atoms with Crippen molar-refractivity contribution in [2.75, 3.05) is 5.50 Å². The van der Waals surface area contributed by atoms with Crippen LogP contribution in [0.3, 0.4) is 0 Å². The minimum atomic E-state index is -0.642. The number of halogens is 1. The zero-order valence-corrected chi connectivity index (χ0v) is 6.56. The van der Waals surface area contributed by atoms with Crippen LogP contribution in [0.4, 0.5) is 0 Å². The highest BCUT2D eigenvalue weighted by Crippen LogP contribution is 1.93. The molecule has 1 unspecified atom stereocenters. The molecule has 0 aromatic heterocycles. The van der Waals surface area contributed by atoms with Crippen molar-refractivity contribution in [3.63, 3.8) is 0 Å². The molecule has 0 amide bonds. The standard InChI is InChI=1S/C5H11ClSi/c1-3-7(4-2)5-6/h3,7H,1,4-5H2,2H3. The van der Waals surface area contributed by atoms with Crippen LogP contribution in [-0.4, -0.2) is 14.3 Å². The zero-order valence-electron chi connectivity index (χ0n) is 4.65. The number of rotatable bonds is 3. The first-order valence-corrected chi connectivity index (χ1v) is 5.37. The Morgan fingerprint density at radius 1 is 1.86 bits per heavy atom. The van der Waals surface area contributed by atoms with Gasteiger partial charge in [0.15, 0.2) is 0 Å². The molecule has 0 aromatic rings. The molecule has 2 heteroatoms. The van der Waals surface area contributed by atoms with Crippen molar-refractivity contribution in [2.24, 2.45) is 0 Å². The van der Waals surface area contributed by atoms with Crippen LogP contribution in [0.2, 0.25) is 6.04 Å². The van der Waals surface area contributed by atoms with Crippen molar-refractivity contribution >= 4 is 20.4 Å². The summed E-state index contributed by atoms with van der Waals surface area (Å²) in [6.45, 7) is 5.85. The van der Waals surface area contributed by atoms with Gasteiger partial charge in [-0.1, -0.05) is 13.0 Å². The fourth-order valence-corrected chi connectivity index (χ4v) is 2.05. The average Bonchev–Trinajstić information content (AvgIpc) is 1.72. The van der Waals surface area contributed by atoms with Gasteiger partial charge in [0, 0.05) is 5.50 Å². The van der Waals surface area contributed by atoms with Gasteiger partial charge in [0.25, 0.3) is 0 Å². The van der Waals surface area contributed by atoms with E-state index in [1.807, 2.05) is 5.70 Å². The summed E-state index contributed by atoms with van der Waals surface area (Å²) < 4.78 is 0. The van der Waals surface area contributed by atoms with Crippen LogP contribution >= 0.6 is 11.6 Å². The molecule has 0 N–H and O–H groups in total. The van der Waals surface area contributed by atoms with E-state index in [4.69, 9.17) is 11.6 Å². The quantitative estimate of drug-likeness (QED) is 0.408. The van der Waals surface area contributed by atoms with E-state index in [9.17, 15) is 0 Å². The largest absolute Gasteiger partial charge is 0.130 e. The zero-order chi connectivity index (χ0) is 5.70. The van der Waals surface area contributed by atoms with Crippen molar-refractivity contribution < 1.29 is 0 Å². The molecule has 0 aliphatic carbocycles. The Kier molecular flexibility index (Phi) is 4.56. The maximum absolute atomic E-state index is 5.56. The first-order valence-electron chi connectivity index (χ1n) is 2.53. The Morgan fingerprint density at radius 3 is 2.43 bits per heavy atom. The maximum Gasteiger partial charge on any atom is 0.0765 e. The van der Waals surface area contributed by atoms with Crippen LogP contribution < -0.4 is 0 Å². The summed E-state index contributed by atoms with van der Waals surface area (Å²) in [5, 5.41) is 0. The molecule has 0 nitrogen and oxygen atoms in total. The Bertz CT molecular complexity index is 50.0. The molecule has 1 atom stereocenters. The summed E-state index contributed by atoms with van der Waals surface area (Å²) in [4.78, 5) is 0. The minimum Gasteiger partial charge on any atom is -0.130 e. The van der Waals surface area contributed by atoms with Crippen molar-refractivity contribution in [2.45, 2.75) is 13.0 Å². The van der Waals surface area contributed by atoms with Crippen molar-refractivity contribution in [3.05, 3.63) is 12.3 Å². The smallest absolute Gasteiger partial charge is 0.0765 e. The lowest BCUT2D eigenvalue weighted by molar-refractivity contribution is 1.42. The number of alkyl halides is 1. The topological polar surface area (TPSA) is 0 Å². The summed E-state index contributed by atoms with van der Waals surface area (Å²) in [7, 11) is -0.642. The van der Waals surface area contributed by atoms with Crippen LogP contribution in [0.15, 0.2) is 12.3 Å². The third-order valence-electron chi connectivity index (χ3n) is 1.06. The molecule has 0 saturated heterocycles. The van der Waals surface area contributed by atoms with Gasteiger partial charge in [-0.3, -0.25) is 0 Å². The summed E-state index contributed by atoms with van der Waals surface area (Å²) in [5.74, 6) is 0. The Morgan fingerprint density at radius 2 is 2.43 bits per heavy atom. The van der Waals surface area contributed by atoms with E-state index >= 15 is 0 Å². The minimum absolute atomic E-state index is 0.642. The van der Waals surface area contributed by atoms with Gasteiger partial charge in [-0.05, 0) is 0 Å². The molecular formula is C5H11ClSi. The van der Waals surface area contributed by atoms with Crippen LogP contribution in [0.5, 0.6) is 0 Å². The van der Waals surface area contributed by atoms with Gasteiger partial charge in [-0.25, -0.2) is 0 Å². The molecule has 0 aliphatic heterocycles. The lowest BCUT2D eigenvalue weighted by atomic mass is 11.0. The van der Waals surface area contributed by atoms with E-state index in [0.29, 0.717) is 0 Å². The van der Waals surface area contributed by atoms with Gasteiger partial charge in [0.05, 0.1) is 8.80 Å². The molecular weight excluding hydrogens is 124 g/mol. The van der Waals surface area contributed by atoms with Gasteiger partial charge < -0.3 is 0 Å². The second-order valence-corrected chi connectivity index (χ2v) is 5.60. The molecule has 0 fully saturated rings. The van der Waals surface area contributed by atoms with Gasteiger partial charge in [0.1, 0.15) is 0 Å². The van der Waals surface area contributed by atoms with Crippen molar-refractivity contribution in [1.82, 2.24) is 0 Å². The van der Waals surface area contributed by atoms with E-state index in [1.54, 1.807) is 0 Å². The highest BCUT2D eigenvalue weighted by molar-refractivity contribution is 6.71. The van der Waals surface area contributed by atoms with E-state index < -0.39 is 8.80 Å². The van der Waals surface area contributed by atoms with E-state index in [-0.39, 0.29) is 0 Å². The predicted octanol–water partition coefficient (Wildman–Crippen LogP) is 1.74. The molecule has 0 rings (SSSR count). The SMILES string of the molecule is C=C[SiH](CC)CCl. The maximum atomic E-state index is 5.56. The monoisotopic (exact) mass is 134 g/mol. The Labute approximate surface area is 51.8 Å². The highest BCUT2D eigenvalue weighted by atomic mass is 35.5. The van der Waals surface area contributed by atoms with Crippen LogP contribution in [0, 0.1) is 0 Å². The number of hydrogen-bond acceptors (Lipinski definition) is 0. The van der Waals surface area contributed by atoms with E-state index in [1.165, 1.54) is 6.04 Å². The Balaban J connectivity index is 3.16. The molecule has 0 aromatic carbocycles. The van der Waals surface area contributed by atoms with Gasteiger partial charge in [-0.2, -0.15) is 0 Å². The molecule has 0 saturated carbocycles. The third kappa shape index (κ3) is 2.89. The summed E-state index contributed by atoms with van der Waals surface area (Å²) >= 11 is 5.56. The van der Waals surface area contributed by atoms with Crippen molar-refractivity contribution in [1.29, 1.82) is 0 Å². The lowest BCUT2D eigenvalue weighted by Crippen LogP contribution is -2.08. The summed E-state index contributed by atoms with van der Waals surface area (Å²) in [6, 6.07) is 1.24. The average molecular weight is 135 g/mol. The Hall–Kier alpha value is 0.247. The fourth-order valence-electron chi connectivity index (χ4n) is 0.339. The summed E-state index contributed by atoms with van der Waals surface area (Å²) in [5.41, 5.74) is 2.88. The molecule has 0 bridgehead atoms. The molecule has 0 spiro atoms. The normalized spacial score (nSPS) is 13.4. The first-order chi connectivity index (χ1) is 3.35. The van der Waals surface area contributed by atoms with E-state index in [0.717, 1.165) is 5.50 Å². The second kappa shape index (κ2) is 4.41. The molecule has 7 heavy (non-hydrogen) atoms. The van der Waals surface area contributed by atoms with E-state index in [2.05, 4.69) is 13.5 Å². The van der Waals surface area contributed by atoms with Crippen molar-refractivity contribution in [3.8, 4) is 0 Å². The fraction of sp³-hybridized carbons (Fsp3) is 0.600. The predicted molar refractivity (Wildman–Crippen MR) is 38.5 cm³/mol. The third-order valence-corrected chi connectivity index (χ3v) is 4.36. The van der Waals surface area contributed by atoms with Crippen LogP contribution in [0.1, 0.15) is 6.92 Å². The van der Waals surface area contributed by atoms with Gasteiger partial charge in [-0.15, -0.1) is 23.9 Å². The van der Waals surface area contributed by atoms with Gasteiger partial charge in [0.2, 0.25) is 0 Å². The molecule has 0 aliphatic rings. The molecule has 42 valence electrons. The lowest BCUT2D eigenvalue weighted by Gasteiger charge is -1.97. The van der Waals surface area contributed by atoms with Gasteiger partial charge >= 0.3 is 0 Å². The summed E-state index contributed by atoms with van der Waals surface area (Å²) in [6.07, 6.45) is 0. The molecule has 0 heterocycles. The van der Waals surface area contributed by atoms with Crippen LogP contribution in [0.25, 0.3) is 0 Å². The first kappa shape index (κ1) is 7.25. The number of hydrogen-bond donors (Lipinski definition) is 0. The second-order valence-electron chi connectivity index (χ2n) is 1.56. The molecule has 0 radical (unpaired) electrons. The van der Waals surface area contributed by atoms with Crippen LogP contribution in [-0.2, 0) is 0 Å².